The summed E-state index contributed by atoms with van der Waals surface area (Å²) in [6.07, 6.45) is -0.609. The zero-order valence-corrected chi connectivity index (χ0v) is 13.1. The van der Waals surface area contributed by atoms with Crippen LogP contribution in [0.25, 0.3) is 0 Å². The maximum atomic E-state index is 12.8. The Hall–Kier alpha value is -1.52. The highest BCUT2D eigenvalue weighted by Crippen LogP contribution is 2.43. The second-order valence-corrected chi connectivity index (χ2v) is 6.39. The number of benzene rings is 1. The van der Waals surface area contributed by atoms with Crippen LogP contribution in [0.1, 0.15) is 35.1 Å². The molecule has 1 aliphatic carbocycles. The Morgan fingerprint density at radius 2 is 1.62 bits per heavy atom. The van der Waals surface area contributed by atoms with E-state index in [-0.39, 0.29) is 23.5 Å². The molecule has 4 unspecified atom stereocenters. The van der Waals surface area contributed by atoms with Gasteiger partial charge in [-0.3, -0.25) is 14.4 Å². The maximum Gasteiger partial charge on any atom is 0.179 e. The quantitative estimate of drug-likeness (QED) is 0.742. The van der Waals surface area contributed by atoms with Crippen LogP contribution in [-0.2, 0) is 14.4 Å². The minimum absolute atomic E-state index is 0.0110. The number of rotatable bonds is 1. The standard InChI is InChI=1S/C17H21NO3/c1-8-6-9(2)12(10(3)7-8)14-15(19)13-11(4)18(5)21-17(13)16(14)20/h6-7,11,13-14,17H,1-5H3. The second kappa shape index (κ2) is 4.75. The van der Waals surface area contributed by atoms with Crippen molar-refractivity contribution in [3.63, 3.8) is 0 Å². The Bertz CT molecular complexity index is 614. The van der Waals surface area contributed by atoms with Gasteiger partial charge in [0.2, 0.25) is 0 Å². The Labute approximate surface area is 125 Å². The molecule has 1 saturated carbocycles. The van der Waals surface area contributed by atoms with Crippen molar-refractivity contribution in [2.24, 2.45) is 5.92 Å². The fourth-order valence-electron chi connectivity index (χ4n) is 3.86. The predicted octanol–water partition coefficient (Wildman–Crippen LogP) is 2.10. The van der Waals surface area contributed by atoms with E-state index >= 15 is 0 Å². The number of fused-ring (bicyclic) bond motifs is 1. The molecule has 4 nitrogen and oxygen atoms in total. The summed E-state index contributed by atoms with van der Waals surface area (Å²) >= 11 is 0. The minimum atomic E-state index is -0.656. The van der Waals surface area contributed by atoms with E-state index in [0.717, 1.165) is 22.3 Å². The summed E-state index contributed by atoms with van der Waals surface area (Å²) < 4.78 is 0. The summed E-state index contributed by atoms with van der Waals surface area (Å²) in [5.41, 5.74) is 4.06. The van der Waals surface area contributed by atoms with Crippen LogP contribution in [0.4, 0.5) is 0 Å². The molecule has 0 bridgehead atoms. The van der Waals surface area contributed by atoms with E-state index in [1.807, 2.05) is 39.8 Å². The summed E-state index contributed by atoms with van der Waals surface area (Å²) in [6, 6.07) is 4.02. The lowest BCUT2D eigenvalue weighted by atomic mass is 9.86. The van der Waals surface area contributed by atoms with Gasteiger partial charge in [-0.25, -0.2) is 0 Å². The average Bonchev–Trinajstić information content (AvgIpc) is 2.79. The van der Waals surface area contributed by atoms with Gasteiger partial charge in [0.25, 0.3) is 0 Å². The highest BCUT2D eigenvalue weighted by molar-refractivity contribution is 6.18. The maximum absolute atomic E-state index is 12.8. The number of hydrogen-bond donors (Lipinski definition) is 0. The van der Waals surface area contributed by atoms with Gasteiger partial charge in [0.1, 0.15) is 12.0 Å². The molecule has 1 saturated heterocycles. The van der Waals surface area contributed by atoms with Gasteiger partial charge in [0.15, 0.2) is 11.6 Å². The monoisotopic (exact) mass is 287 g/mol. The van der Waals surface area contributed by atoms with Crippen molar-refractivity contribution in [2.75, 3.05) is 7.05 Å². The SMILES string of the molecule is Cc1cc(C)c(C2C(=O)C3ON(C)C(C)C3C2=O)c(C)c1. The largest absolute Gasteiger partial charge is 0.298 e. The van der Waals surface area contributed by atoms with Crippen molar-refractivity contribution in [1.29, 1.82) is 0 Å². The van der Waals surface area contributed by atoms with Gasteiger partial charge in [-0.1, -0.05) is 17.7 Å². The summed E-state index contributed by atoms with van der Waals surface area (Å²) in [5.74, 6) is -1.07. The van der Waals surface area contributed by atoms with Gasteiger partial charge in [0, 0.05) is 13.1 Å². The molecular formula is C17H21NO3. The van der Waals surface area contributed by atoms with Crippen LogP contribution in [-0.4, -0.2) is 35.8 Å². The summed E-state index contributed by atoms with van der Waals surface area (Å²) in [5, 5.41) is 1.64. The fourth-order valence-corrected chi connectivity index (χ4v) is 3.86. The molecule has 0 N–H and O–H groups in total. The van der Waals surface area contributed by atoms with E-state index in [2.05, 4.69) is 0 Å². The molecule has 0 spiro atoms. The van der Waals surface area contributed by atoms with Gasteiger partial charge in [-0.15, -0.1) is 0 Å². The van der Waals surface area contributed by atoms with Crippen molar-refractivity contribution in [1.82, 2.24) is 5.06 Å². The van der Waals surface area contributed by atoms with Crippen LogP contribution in [0, 0.1) is 26.7 Å². The van der Waals surface area contributed by atoms with Gasteiger partial charge in [0.05, 0.1) is 5.92 Å². The van der Waals surface area contributed by atoms with Crippen molar-refractivity contribution in [3.8, 4) is 0 Å². The first-order valence-electron chi connectivity index (χ1n) is 7.37. The molecule has 0 radical (unpaired) electrons. The predicted molar refractivity (Wildman–Crippen MR) is 79.0 cm³/mol. The third-order valence-electron chi connectivity index (χ3n) is 4.90. The van der Waals surface area contributed by atoms with Crippen molar-refractivity contribution < 1.29 is 14.4 Å². The van der Waals surface area contributed by atoms with E-state index in [1.165, 1.54) is 0 Å². The van der Waals surface area contributed by atoms with Crippen molar-refractivity contribution >= 4 is 11.6 Å². The van der Waals surface area contributed by atoms with E-state index in [9.17, 15) is 9.59 Å². The average molecular weight is 287 g/mol. The number of ketones is 2. The van der Waals surface area contributed by atoms with Crippen LogP contribution in [0.5, 0.6) is 0 Å². The number of Topliss-reactive ketones (excluding diaryl/α,β-unsaturated/α-hetero) is 2. The minimum Gasteiger partial charge on any atom is -0.298 e. The topological polar surface area (TPSA) is 46.6 Å². The van der Waals surface area contributed by atoms with Crippen LogP contribution < -0.4 is 0 Å². The Morgan fingerprint density at radius 1 is 1.05 bits per heavy atom. The number of hydroxylamine groups is 2. The molecule has 0 amide bonds. The Balaban J connectivity index is 2.06. The lowest BCUT2D eigenvalue weighted by Gasteiger charge is -2.20. The molecule has 112 valence electrons. The highest BCUT2D eigenvalue weighted by atomic mass is 16.7. The molecule has 1 heterocycles. The zero-order valence-electron chi connectivity index (χ0n) is 13.1. The van der Waals surface area contributed by atoms with Crippen LogP contribution in [0.15, 0.2) is 12.1 Å². The summed E-state index contributed by atoms with van der Waals surface area (Å²) in [7, 11) is 1.78. The molecule has 21 heavy (non-hydrogen) atoms. The van der Waals surface area contributed by atoms with Crippen molar-refractivity contribution in [2.45, 2.75) is 45.8 Å². The van der Waals surface area contributed by atoms with Gasteiger partial charge < -0.3 is 0 Å². The number of aryl methyl sites for hydroxylation is 3. The molecule has 2 fully saturated rings. The molecule has 1 aromatic rings. The Morgan fingerprint density at radius 3 is 2.14 bits per heavy atom. The molecule has 4 atom stereocenters. The second-order valence-electron chi connectivity index (χ2n) is 6.39. The van der Waals surface area contributed by atoms with Crippen molar-refractivity contribution in [3.05, 3.63) is 34.4 Å². The first kappa shape index (κ1) is 14.4. The summed E-state index contributed by atoms with van der Waals surface area (Å²) in [6.45, 7) is 7.91. The smallest absolute Gasteiger partial charge is 0.179 e. The fraction of sp³-hybridized carbons (Fsp3) is 0.529. The first-order chi connectivity index (χ1) is 9.82. The lowest BCUT2D eigenvalue weighted by Crippen LogP contribution is -2.31. The van der Waals surface area contributed by atoms with E-state index in [4.69, 9.17) is 4.84 Å². The lowest BCUT2D eigenvalue weighted by molar-refractivity contribution is -0.160. The number of carbonyl (C=O) groups is 2. The number of hydrogen-bond acceptors (Lipinski definition) is 4. The van der Waals surface area contributed by atoms with Gasteiger partial charge >= 0.3 is 0 Å². The van der Waals surface area contributed by atoms with Crippen LogP contribution >= 0.6 is 0 Å². The third kappa shape index (κ3) is 1.97. The van der Waals surface area contributed by atoms with E-state index in [1.54, 1.807) is 12.1 Å². The van der Waals surface area contributed by atoms with E-state index < -0.39 is 12.0 Å². The molecule has 1 aromatic carbocycles. The molecule has 2 aliphatic rings. The first-order valence-corrected chi connectivity index (χ1v) is 7.37. The van der Waals surface area contributed by atoms with Gasteiger partial charge in [-0.05, 0) is 44.4 Å². The Kier molecular flexibility index (Phi) is 3.26. The highest BCUT2D eigenvalue weighted by Gasteiger charge is 2.58. The molecule has 0 aromatic heterocycles. The van der Waals surface area contributed by atoms with Crippen LogP contribution in [0.2, 0.25) is 0 Å². The molecular weight excluding hydrogens is 266 g/mol. The number of nitrogens with zero attached hydrogens (tertiary/aromatic N) is 1. The molecule has 3 rings (SSSR count). The molecule has 1 aliphatic heterocycles. The van der Waals surface area contributed by atoms with Crippen LogP contribution in [0.3, 0.4) is 0 Å². The normalized spacial score (nSPS) is 32.8. The molecule has 4 heteroatoms. The third-order valence-corrected chi connectivity index (χ3v) is 4.90. The zero-order chi connectivity index (χ0) is 15.5. The summed E-state index contributed by atoms with van der Waals surface area (Å²) in [4.78, 5) is 31.1. The van der Waals surface area contributed by atoms with Gasteiger partial charge in [-0.2, -0.15) is 5.06 Å². The number of carbonyl (C=O) groups excluding carboxylic acids is 2. The van der Waals surface area contributed by atoms with E-state index in [0.29, 0.717) is 0 Å².